The third-order valence-electron chi connectivity index (χ3n) is 5.28. The fourth-order valence-corrected chi connectivity index (χ4v) is 4.16. The number of fused-ring (bicyclic) bond motifs is 2. The second-order valence-corrected chi connectivity index (χ2v) is 7.17. The molecule has 1 saturated heterocycles. The Morgan fingerprint density at radius 2 is 1.81 bits per heavy atom. The second kappa shape index (κ2) is 6.69. The number of ketones is 1. The Morgan fingerprint density at radius 3 is 2.58 bits per heavy atom. The van der Waals surface area contributed by atoms with E-state index in [1.807, 2.05) is 54.6 Å². The number of amides is 1. The predicted molar refractivity (Wildman–Crippen MR) is 99.8 cm³/mol. The van der Waals surface area contributed by atoms with E-state index in [9.17, 15) is 9.59 Å². The predicted octanol–water partition coefficient (Wildman–Crippen LogP) is 3.98. The molecule has 0 saturated carbocycles. The molecule has 2 aromatic carbocycles. The lowest BCUT2D eigenvalue weighted by Gasteiger charge is -2.37. The number of carbonyl (C=O) groups excluding carboxylic acids is 2. The highest BCUT2D eigenvalue weighted by Crippen LogP contribution is 2.48. The van der Waals surface area contributed by atoms with Gasteiger partial charge in [0.2, 0.25) is 0 Å². The number of hydrogen-bond acceptors (Lipinski definition) is 3. The smallest absolute Gasteiger partial charge is 0.264 e. The Balaban J connectivity index is 1.74. The van der Waals surface area contributed by atoms with Crippen LogP contribution in [0.3, 0.4) is 0 Å². The molecule has 0 aliphatic carbocycles. The molecule has 0 unspecified atom stereocenters. The molecule has 4 nitrogen and oxygen atoms in total. The molecule has 2 aliphatic rings. The van der Waals surface area contributed by atoms with Crippen LogP contribution in [0.2, 0.25) is 0 Å². The Kier molecular flexibility index (Phi) is 4.37. The maximum Gasteiger partial charge on any atom is 0.264 e. The zero-order valence-corrected chi connectivity index (χ0v) is 15.0. The van der Waals surface area contributed by atoms with Gasteiger partial charge in [-0.3, -0.25) is 9.59 Å². The lowest BCUT2D eigenvalue weighted by molar-refractivity contribution is -0.171. The molecule has 1 spiro atoms. The van der Waals surface area contributed by atoms with Crippen molar-refractivity contribution < 1.29 is 14.3 Å². The largest absolute Gasteiger partial charge is 0.356 e. The molecule has 0 N–H and O–H groups in total. The van der Waals surface area contributed by atoms with Gasteiger partial charge < -0.3 is 9.64 Å². The van der Waals surface area contributed by atoms with Gasteiger partial charge in [0, 0.05) is 18.4 Å². The number of rotatable bonds is 4. The van der Waals surface area contributed by atoms with Crippen LogP contribution in [0.25, 0.3) is 0 Å². The summed E-state index contributed by atoms with van der Waals surface area (Å²) in [7, 11) is 0. The monoisotopic (exact) mass is 349 g/mol. The molecule has 4 heteroatoms. The fraction of sp³-hybridized carbons (Fsp3) is 0.364. The van der Waals surface area contributed by atoms with Crippen molar-refractivity contribution in [2.75, 3.05) is 4.90 Å². The summed E-state index contributed by atoms with van der Waals surface area (Å²) in [5.74, 6) is -0.00359. The normalized spacial score (nSPS) is 25.0. The van der Waals surface area contributed by atoms with Crippen molar-refractivity contribution in [2.24, 2.45) is 0 Å². The molecule has 0 radical (unpaired) electrons. The van der Waals surface area contributed by atoms with E-state index >= 15 is 0 Å². The second-order valence-electron chi connectivity index (χ2n) is 7.17. The molecule has 2 aliphatic heterocycles. The number of anilines is 1. The molecule has 2 heterocycles. The molecule has 134 valence electrons. The zero-order valence-electron chi connectivity index (χ0n) is 15.0. The van der Waals surface area contributed by atoms with Crippen LogP contribution in [0.4, 0.5) is 5.69 Å². The first-order chi connectivity index (χ1) is 12.6. The molecular formula is C22H23NO3. The minimum Gasteiger partial charge on any atom is -0.356 e. The summed E-state index contributed by atoms with van der Waals surface area (Å²) in [5.41, 5.74) is 1.59. The zero-order chi connectivity index (χ0) is 18.1. The van der Waals surface area contributed by atoms with Crippen molar-refractivity contribution in [3.8, 4) is 0 Å². The van der Waals surface area contributed by atoms with E-state index in [-0.39, 0.29) is 24.2 Å². The summed E-state index contributed by atoms with van der Waals surface area (Å²) in [6, 6.07) is 17.6. The summed E-state index contributed by atoms with van der Waals surface area (Å²) >= 11 is 0. The van der Waals surface area contributed by atoms with Crippen molar-refractivity contribution in [3.05, 3.63) is 65.7 Å². The number of para-hydroxylation sites is 1. The van der Waals surface area contributed by atoms with Gasteiger partial charge >= 0.3 is 0 Å². The first-order valence-electron chi connectivity index (χ1n) is 9.29. The number of ether oxygens (including phenoxy) is 1. The lowest BCUT2D eigenvalue weighted by atomic mass is 9.84. The summed E-state index contributed by atoms with van der Waals surface area (Å²) < 4.78 is 6.34. The quantitative estimate of drug-likeness (QED) is 0.839. The number of carbonyl (C=O) groups is 2. The highest BCUT2D eigenvalue weighted by atomic mass is 16.5. The van der Waals surface area contributed by atoms with Crippen LogP contribution >= 0.6 is 0 Å². The molecule has 2 aromatic rings. The maximum absolute atomic E-state index is 13.5. The van der Waals surface area contributed by atoms with Crippen LogP contribution in [0, 0.1) is 0 Å². The third-order valence-corrected chi connectivity index (χ3v) is 5.28. The highest BCUT2D eigenvalue weighted by Gasteiger charge is 2.56. The molecule has 1 fully saturated rings. The Morgan fingerprint density at radius 1 is 1.08 bits per heavy atom. The van der Waals surface area contributed by atoms with Crippen LogP contribution < -0.4 is 4.90 Å². The minimum atomic E-state index is -1.15. The van der Waals surface area contributed by atoms with Gasteiger partial charge in [0.15, 0.2) is 5.60 Å². The fourth-order valence-electron chi connectivity index (χ4n) is 4.16. The Labute approximate surface area is 153 Å². The van der Waals surface area contributed by atoms with Gasteiger partial charge in [0.1, 0.15) is 5.78 Å². The molecule has 2 atom stereocenters. The van der Waals surface area contributed by atoms with E-state index in [2.05, 4.69) is 6.92 Å². The van der Waals surface area contributed by atoms with Crippen molar-refractivity contribution in [2.45, 2.75) is 50.9 Å². The van der Waals surface area contributed by atoms with Gasteiger partial charge in [0.25, 0.3) is 5.91 Å². The van der Waals surface area contributed by atoms with Crippen LogP contribution in [0.1, 0.15) is 43.7 Å². The molecule has 0 aromatic heterocycles. The van der Waals surface area contributed by atoms with Crippen LogP contribution in [0.15, 0.2) is 54.6 Å². The Hall–Kier alpha value is -2.46. The molecule has 0 bridgehead atoms. The van der Waals surface area contributed by atoms with Crippen molar-refractivity contribution in [1.29, 1.82) is 0 Å². The SMILES string of the molecule is CCC[C@@H]1CC(=O)C[C@]2(O1)C(=O)N(Cc1ccccc1)c1ccccc12. The summed E-state index contributed by atoms with van der Waals surface area (Å²) in [5, 5.41) is 0. The van der Waals surface area contributed by atoms with Gasteiger partial charge in [-0.25, -0.2) is 0 Å². The number of nitrogens with zero attached hydrogens (tertiary/aromatic N) is 1. The average Bonchev–Trinajstić information content (AvgIpc) is 2.85. The van der Waals surface area contributed by atoms with E-state index in [0.29, 0.717) is 13.0 Å². The number of Topliss-reactive ketones (excluding diaryl/α,β-unsaturated/α-hetero) is 1. The van der Waals surface area contributed by atoms with Crippen molar-refractivity contribution in [1.82, 2.24) is 0 Å². The van der Waals surface area contributed by atoms with E-state index in [4.69, 9.17) is 4.74 Å². The molecular weight excluding hydrogens is 326 g/mol. The summed E-state index contributed by atoms with van der Waals surface area (Å²) in [6.07, 6.45) is 2.08. The topological polar surface area (TPSA) is 46.6 Å². The Bertz CT molecular complexity index is 832. The van der Waals surface area contributed by atoms with Crippen molar-refractivity contribution >= 4 is 17.4 Å². The molecule has 1 amide bonds. The first kappa shape index (κ1) is 17.0. The van der Waals surface area contributed by atoms with Gasteiger partial charge in [0.05, 0.1) is 18.3 Å². The summed E-state index contributed by atoms with van der Waals surface area (Å²) in [6.45, 7) is 2.55. The van der Waals surface area contributed by atoms with Gasteiger partial charge in [-0.05, 0) is 18.1 Å². The average molecular weight is 349 g/mol. The van der Waals surface area contributed by atoms with Gasteiger partial charge in [-0.2, -0.15) is 0 Å². The summed E-state index contributed by atoms with van der Waals surface area (Å²) in [4.78, 5) is 27.7. The van der Waals surface area contributed by atoms with Crippen molar-refractivity contribution in [3.63, 3.8) is 0 Å². The van der Waals surface area contributed by atoms with E-state index in [0.717, 1.165) is 29.7 Å². The van der Waals surface area contributed by atoms with E-state index < -0.39 is 5.60 Å². The van der Waals surface area contributed by atoms with Gasteiger partial charge in [-0.15, -0.1) is 0 Å². The van der Waals surface area contributed by atoms with Crippen LogP contribution in [0.5, 0.6) is 0 Å². The molecule has 26 heavy (non-hydrogen) atoms. The number of benzene rings is 2. The van der Waals surface area contributed by atoms with E-state index in [1.165, 1.54) is 0 Å². The van der Waals surface area contributed by atoms with Crippen LogP contribution in [-0.2, 0) is 26.5 Å². The standard InChI is InChI=1S/C22H23NO3/c1-2-8-18-13-17(24)14-22(26-18)19-11-6-7-12-20(19)23(21(22)25)15-16-9-4-3-5-10-16/h3-7,9-12,18H,2,8,13-15H2,1H3/t18-,22-/m1/s1. The van der Waals surface area contributed by atoms with E-state index in [1.54, 1.807) is 4.90 Å². The molecule has 4 rings (SSSR count). The lowest BCUT2D eigenvalue weighted by Crippen LogP contribution is -2.49. The highest BCUT2D eigenvalue weighted by molar-refractivity contribution is 6.09. The third kappa shape index (κ3) is 2.74. The van der Waals surface area contributed by atoms with Gasteiger partial charge in [-0.1, -0.05) is 61.9 Å². The maximum atomic E-state index is 13.5. The first-order valence-corrected chi connectivity index (χ1v) is 9.29. The minimum absolute atomic E-state index is 0.111. The van der Waals surface area contributed by atoms with Crippen LogP contribution in [-0.4, -0.2) is 17.8 Å². The number of hydrogen-bond donors (Lipinski definition) is 0.